The van der Waals surface area contributed by atoms with E-state index in [1.54, 1.807) is 4.68 Å². The van der Waals surface area contributed by atoms with Crippen molar-refractivity contribution in [3.63, 3.8) is 0 Å². The fourth-order valence-corrected chi connectivity index (χ4v) is 0.997. The first-order valence-electron chi connectivity index (χ1n) is 4.21. The second-order valence-corrected chi connectivity index (χ2v) is 2.53. The number of hydrogen-bond acceptors (Lipinski definition) is 3. The van der Waals surface area contributed by atoms with Crippen molar-refractivity contribution in [3.05, 3.63) is 24.6 Å². The lowest BCUT2D eigenvalue weighted by Crippen LogP contribution is -1.94. The van der Waals surface area contributed by atoms with Crippen LogP contribution in [0.15, 0.2) is 24.6 Å². The molecular weight excluding hydrogens is 166 g/mol. The molecule has 0 spiro atoms. The van der Waals surface area contributed by atoms with E-state index in [1.165, 1.54) is 6.33 Å². The Bertz CT molecular complexity index is 325. The quantitative estimate of drug-likeness (QED) is 0.720. The van der Waals surface area contributed by atoms with Crippen LogP contribution in [0.25, 0.3) is 5.70 Å². The summed E-state index contributed by atoms with van der Waals surface area (Å²) in [6.07, 6.45) is 8.24. The molecular formula is C9H13N3O. The highest BCUT2D eigenvalue weighted by molar-refractivity contribution is 5.55. The Hall–Kier alpha value is -1.58. The molecule has 0 atom stereocenters. The molecule has 0 fully saturated rings. The van der Waals surface area contributed by atoms with Gasteiger partial charge in [0.1, 0.15) is 6.33 Å². The molecule has 70 valence electrons. The van der Waals surface area contributed by atoms with Gasteiger partial charge in [-0.05, 0) is 19.4 Å². The Kier molecular flexibility index (Phi) is 3.25. The Morgan fingerprint density at radius 2 is 2.46 bits per heavy atom. The molecule has 0 aromatic carbocycles. The molecule has 1 rings (SSSR count). The van der Waals surface area contributed by atoms with Crippen LogP contribution in [-0.2, 0) is 0 Å². The second-order valence-electron chi connectivity index (χ2n) is 2.53. The monoisotopic (exact) mass is 179 g/mol. The van der Waals surface area contributed by atoms with E-state index in [2.05, 4.69) is 10.1 Å². The number of allylic oxidation sites excluding steroid dienone is 4. The van der Waals surface area contributed by atoms with Gasteiger partial charge in [-0.15, -0.1) is 5.10 Å². The molecule has 0 aliphatic heterocycles. The van der Waals surface area contributed by atoms with Gasteiger partial charge in [-0.2, -0.15) is 4.98 Å². The predicted molar refractivity (Wildman–Crippen MR) is 51.1 cm³/mol. The van der Waals surface area contributed by atoms with Gasteiger partial charge in [0.15, 0.2) is 0 Å². The first-order chi connectivity index (χ1) is 6.27. The smallest absolute Gasteiger partial charge is 0.333 e. The number of aromatic hydroxyl groups is 1. The van der Waals surface area contributed by atoms with Crippen LogP contribution in [0, 0.1) is 0 Å². The zero-order valence-electron chi connectivity index (χ0n) is 7.81. The average Bonchev–Trinajstić information content (AvgIpc) is 2.51. The van der Waals surface area contributed by atoms with Gasteiger partial charge in [-0.1, -0.05) is 19.1 Å². The summed E-state index contributed by atoms with van der Waals surface area (Å²) in [7, 11) is 0. The first-order valence-corrected chi connectivity index (χ1v) is 4.21. The Labute approximate surface area is 77.2 Å². The Morgan fingerprint density at radius 1 is 1.69 bits per heavy atom. The van der Waals surface area contributed by atoms with E-state index in [-0.39, 0.29) is 6.01 Å². The van der Waals surface area contributed by atoms with Crippen molar-refractivity contribution < 1.29 is 5.11 Å². The van der Waals surface area contributed by atoms with Crippen molar-refractivity contribution in [2.24, 2.45) is 0 Å². The van der Waals surface area contributed by atoms with E-state index in [0.717, 1.165) is 12.1 Å². The average molecular weight is 179 g/mol. The van der Waals surface area contributed by atoms with E-state index in [4.69, 9.17) is 5.11 Å². The number of aromatic nitrogens is 3. The lowest BCUT2D eigenvalue weighted by atomic mass is 10.3. The molecule has 1 heterocycles. The molecule has 13 heavy (non-hydrogen) atoms. The third kappa shape index (κ3) is 2.43. The molecule has 0 saturated carbocycles. The molecule has 4 nitrogen and oxygen atoms in total. The summed E-state index contributed by atoms with van der Waals surface area (Å²) >= 11 is 0. The Morgan fingerprint density at radius 3 is 2.92 bits per heavy atom. The van der Waals surface area contributed by atoms with Crippen LogP contribution in [0.5, 0.6) is 6.01 Å². The summed E-state index contributed by atoms with van der Waals surface area (Å²) in [5.41, 5.74) is 0.915. The predicted octanol–water partition coefficient (Wildman–Crippen LogP) is 1.81. The molecule has 0 amide bonds. The highest BCUT2D eigenvalue weighted by Gasteiger charge is 1.99. The summed E-state index contributed by atoms with van der Waals surface area (Å²) < 4.78 is 1.54. The van der Waals surface area contributed by atoms with Crippen LogP contribution in [0.1, 0.15) is 20.3 Å². The molecule has 0 saturated heterocycles. The third-order valence-electron chi connectivity index (χ3n) is 1.49. The summed E-state index contributed by atoms with van der Waals surface area (Å²) in [6.45, 7) is 3.97. The molecule has 0 aliphatic rings. The molecule has 0 bridgehead atoms. The van der Waals surface area contributed by atoms with E-state index in [1.807, 2.05) is 32.1 Å². The van der Waals surface area contributed by atoms with Crippen molar-refractivity contribution in [3.8, 4) is 6.01 Å². The lowest BCUT2D eigenvalue weighted by molar-refractivity contribution is 0.430. The highest BCUT2D eigenvalue weighted by atomic mass is 16.3. The largest absolute Gasteiger partial charge is 0.478 e. The zero-order chi connectivity index (χ0) is 9.68. The summed E-state index contributed by atoms with van der Waals surface area (Å²) in [5.74, 6) is 0. The maximum atomic E-state index is 8.94. The van der Waals surface area contributed by atoms with Crippen molar-refractivity contribution in [2.75, 3.05) is 0 Å². The maximum absolute atomic E-state index is 8.94. The highest BCUT2D eigenvalue weighted by Crippen LogP contribution is 2.07. The normalized spacial score (nSPS) is 12.6. The topological polar surface area (TPSA) is 50.9 Å². The first kappa shape index (κ1) is 9.51. The van der Waals surface area contributed by atoms with E-state index < -0.39 is 0 Å². The van der Waals surface area contributed by atoms with E-state index in [9.17, 15) is 0 Å². The number of nitrogens with zero attached hydrogens (tertiary/aromatic N) is 3. The van der Waals surface area contributed by atoms with Crippen LogP contribution < -0.4 is 0 Å². The number of hydrogen-bond donors (Lipinski definition) is 1. The van der Waals surface area contributed by atoms with Crippen LogP contribution >= 0.6 is 0 Å². The van der Waals surface area contributed by atoms with E-state index >= 15 is 0 Å². The summed E-state index contributed by atoms with van der Waals surface area (Å²) in [5, 5.41) is 12.7. The molecule has 0 aliphatic carbocycles. The van der Waals surface area contributed by atoms with Crippen LogP contribution in [0.2, 0.25) is 0 Å². The number of rotatable bonds is 3. The summed E-state index contributed by atoms with van der Waals surface area (Å²) in [4.78, 5) is 3.63. The van der Waals surface area contributed by atoms with Crippen LogP contribution in [0.3, 0.4) is 0 Å². The van der Waals surface area contributed by atoms with Gasteiger partial charge in [0.25, 0.3) is 0 Å². The van der Waals surface area contributed by atoms with Gasteiger partial charge in [0.2, 0.25) is 0 Å². The van der Waals surface area contributed by atoms with Gasteiger partial charge in [0.05, 0.1) is 5.70 Å². The summed E-state index contributed by atoms with van der Waals surface area (Å²) in [6, 6.07) is -0.202. The van der Waals surface area contributed by atoms with E-state index in [0.29, 0.717) is 0 Å². The molecule has 1 aromatic rings. The molecule has 0 radical (unpaired) electrons. The molecule has 4 heteroatoms. The SMILES string of the molecule is C/C=C\C(=C/CC)n1cnc(O)n1. The van der Waals surface area contributed by atoms with Crippen molar-refractivity contribution in [1.82, 2.24) is 14.8 Å². The lowest BCUT2D eigenvalue weighted by Gasteiger charge is -1.98. The zero-order valence-corrected chi connectivity index (χ0v) is 7.81. The third-order valence-corrected chi connectivity index (χ3v) is 1.49. The van der Waals surface area contributed by atoms with Gasteiger partial charge < -0.3 is 5.11 Å². The van der Waals surface area contributed by atoms with Crippen molar-refractivity contribution in [1.29, 1.82) is 0 Å². The van der Waals surface area contributed by atoms with Gasteiger partial charge in [0, 0.05) is 0 Å². The van der Waals surface area contributed by atoms with Gasteiger partial charge in [-0.3, -0.25) is 0 Å². The minimum atomic E-state index is -0.202. The maximum Gasteiger partial charge on any atom is 0.333 e. The van der Waals surface area contributed by atoms with Gasteiger partial charge >= 0.3 is 6.01 Å². The second kappa shape index (κ2) is 4.45. The molecule has 1 aromatic heterocycles. The Balaban J connectivity index is 2.95. The van der Waals surface area contributed by atoms with Gasteiger partial charge in [-0.25, -0.2) is 4.68 Å². The standard InChI is InChI=1S/C9H13N3O/c1-3-5-8(6-4-2)12-7-10-9(13)11-12/h3,5-7H,4H2,1-2H3,(H,11,13)/b5-3-,8-6+. The molecule has 1 N–H and O–H groups in total. The van der Waals surface area contributed by atoms with Crippen LogP contribution in [-0.4, -0.2) is 19.9 Å². The van der Waals surface area contributed by atoms with Crippen LogP contribution in [0.4, 0.5) is 0 Å². The van der Waals surface area contributed by atoms with Crippen molar-refractivity contribution in [2.45, 2.75) is 20.3 Å². The minimum absolute atomic E-state index is 0.202. The fraction of sp³-hybridized carbons (Fsp3) is 0.333. The molecule has 0 unspecified atom stereocenters. The fourth-order valence-electron chi connectivity index (χ4n) is 0.997. The van der Waals surface area contributed by atoms with Crippen molar-refractivity contribution >= 4 is 5.70 Å². The minimum Gasteiger partial charge on any atom is -0.478 e.